The summed E-state index contributed by atoms with van der Waals surface area (Å²) < 4.78 is 13.3. The average Bonchev–Trinajstić information content (AvgIpc) is 3.66. The van der Waals surface area contributed by atoms with Crippen LogP contribution in [0.3, 0.4) is 0 Å². The van der Waals surface area contributed by atoms with E-state index in [1.54, 1.807) is 0 Å². The van der Waals surface area contributed by atoms with Crippen LogP contribution in [0.1, 0.15) is 0 Å². The van der Waals surface area contributed by atoms with Gasteiger partial charge in [0.05, 0.1) is 16.8 Å². The van der Waals surface area contributed by atoms with Crippen molar-refractivity contribution in [2.45, 2.75) is 0 Å². The number of fused-ring (bicyclic) bond motifs is 10. The molecule has 44 heavy (non-hydrogen) atoms. The van der Waals surface area contributed by atoms with Crippen LogP contribution in [0.2, 0.25) is 0 Å². The van der Waals surface area contributed by atoms with E-state index in [0.717, 1.165) is 82.7 Å². The van der Waals surface area contributed by atoms with Gasteiger partial charge in [-0.15, -0.1) is 0 Å². The maximum atomic E-state index is 6.95. The number of rotatable bonds is 2. The van der Waals surface area contributed by atoms with Crippen molar-refractivity contribution >= 4 is 65.4 Å². The third-order valence-electron chi connectivity index (χ3n) is 9.05. The fraction of sp³-hybridized carbons (Fsp3) is 0. The number of nitrogens with zero attached hydrogens (tertiary/aromatic N) is 1. The van der Waals surface area contributed by atoms with Crippen LogP contribution in [-0.4, -0.2) is 4.98 Å². The fourth-order valence-corrected chi connectivity index (χ4v) is 7.25. The normalized spacial score (nSPS) is 12.1. The molecule has 0 saturated heterocycles. The Morgan fingerprint density at radius 3 is 1.59 bits per heavy atom. The van der Waals surface area contributed by atoms with Crippen molar-refractivity contribution in [3.05, 3.63) is 140 Å². The molecule has 10 rings (SSSR count). The highest BCUT2D eigenvalue weighted by molar-refractivity contribution is 6.27. The van der Waals surface area contributed by atoms with Gasteiger partial charge in [0.15, 0.2) is 0 Å². The van der Waals surface area contributed by atoms with Gasteiger partial charge in [0.2, 0.25) is 0 Å². The second-order valence-corrected chi connectivity index (χ2v) is 11.4. The van der Waals surface area contributed by atoms with Crippen LogP contribution in [0.25, 0.3) is 99.1 Å². The first-order valence-electron chi connectivity index (χ1n) is 14.9. The molecule has 3 heterocycles. The van der Waals surface area contributed by atoms with Crippen molar-refractivity contribution in [2.24, 2.45) is 0 Å². The molecular weight excluding hydrogens is 538 g/mol. The Morgan fingerprint density at radius 2 is 0.886 bits per heavy atom. The summed E-state index contributed by atoms with van der Waals surface area (Å²) >= 11 is 0. The molecule has 3 nitrogen and oxygen atoms in total. The minimum absolute atomic E-state index is 0.824. The van der Waals surface area contributed by atoms with Crippen molar-refractivity contribution < 1.29 is 8.83 Å². The zero-order valence-electron chi connectivity index (χ0n) is 23.5. The van der Waals surface area contributed by atoms with E-state index in [0.29, 0.717) is 0 Å². The Balaban J connectivity index is 1.42. The first-order valence-corrected chi connectivity index (χ1v) is 14.9. The summed E-state index contributed by atoms with van der Waals surface area (Å²) in [5, 5.41) is 8.97. The van der Waals surface area contributed by atoms with Gasteiger partial charge in [-0.25, -0.2) is 4.98 Å². The van der Waals surface area contributed by atoms with Gasteiger partial charge < -0.3 is 8.83 Å². The van der Waals surface area contributed by atoms with Gasteiger partial charge in [-0.05, 0) is 63.0 Å². The minimum atomic E-state index is 0.824. The lowest BCUT2D eigenvalue weighted by atomic mass is 9.85. The smallest absolute Gasteiger partial charge is 0.146 e. The van der Waals surface area contributed by atoms with Crippen molar-refractivity contribution in [3.8, 4) is 33.7 Å². The van der Waals surface area contributed by atoms with Crippen molar-refractivity contribution in [2.75, 3.05) is 0 Å². The van der Waals surface area contributed by atoms with Crippen LogP contribution in [0, 0.1) is 0 Å². The lowest BCUT2D eigenvalue weighted by Crippen LogP contribution is -1.94. The summed E-state index contributed by atoms with van der Waals surface area (Å²) in [6.07, 6.45) is 0. The number of hydrogen-bond acceptors (Lipinski definition) is 3. The molecule has 8 aromatic rings. The average molecular weight is 562 g/mol. The Kier molecular flexibility index (Phi) is 4.72. The van der Waals surface area contributed by atoms with Crippen molar-refractivity contribution in [1.82, 2.24) is 4.98 Å². The molecule has 0 fully saturated rings. The first-order chi connectivity index (χ1) is 21.8. The molecule has 1 aromatic heterocycles. The summed E-state index contributed by atoms with van der Waals surface area (Å²) in [4.78, 5) is 5.14. The zero-order chi connectivity index (χ0) is 28.8. The number of hydrogen-bond donors (Lipinski definition) is 0. The third-order valence-corrected chi connectivity index (χ3v) is 9.05. The second kappa shape index (κ2) is 8.79. The van der Waals surface area contributed by atoms with Gasteiger partial charge in [-0.1, -0.05) is 109 Å². The largest absolute Gasteiger partial charge is 0.456 e. The number of aromatic nitrogens is 1. The van der Waals surface area contributed by atoms with E-state index in [9.17, 15) is 0 Å². The highest BCUT2D eigenvalue weighted by Crippen LogP contribution is 2.51. The van der Waals surface area contributed by atoms with E-state index >= 15 is 0 Å². The summed E-state index contributed by atoms with van der Waals surface area (Å²) in [6.45, 7) is 0. The molecule has 0 amide bonds. The molecular formula is C41H23NO2. The summed E-state index contributed by atoms with van der Waals surface area (Å²) in [7, 11) is 0. The molecule has 7 aromatic carbocycles. The van der Waals surface area contributed by atoms with Gasteiger partial charge >= 0.3 is 0 Å². The van der Waals surface area contributed by atoms with E-state index in [2.05, 4.69) is 109 Å². The summed E-state index contributed by atoms with van der Waals surface area (Å²) in [5.74, 6) is 0.846. The van der Waals surface area contributed by atoms with E-state index in [1.807, 2.05) is 30.3 Å². The van der Waals surface area contributed by atoms with Gasteiger partial charge in [0.25, 0.3) is 0 Å². The second-order valence-electron chi connectivity index (χ2n) is 11.4. The molecule has 2 aliphatic rings. The van der Waals surface area contributed by atoms with E-state index in [4.69, 9.17) is 13.8 Å². The monoisotopic (exact) mass is 561 g/mol. The standard InChI is InChI=1S/C41H23NO2/c1-3-14-26-24(12-1)36(31-19-11-23-35-37(31)29-17-6-9-21-33(29)43-35)25-13-2-4-15-27(25)38(26)41-39-28-16-5-8-20-32(28)42-40(39)30-18-7-10-22-34(30)44-41/h1-23H. The quantitative estimate of drug-likeness (QED) is 0.197. The molecule has 2 aliphatic heterocycles. The maximum Gasteiger partial charge on any atom is 0.146 e. The van der Waals surface area contributed by atoms with Crippen LogP contribution >= 0.6 is 0 Å². The number of benzene rings is 7. The zero-order valence-corrected chi connectivity index (χ0v) is 23.5. The highest BCUT2D eigenvalue weighted by Gasteiger charge is 2.27. The first kappa shape index (κ1) is 23.6. The molecule has 0 unspecified atom stereocenters. The number of para-hydroxylation sites is 3. The number of furan rings is 1. The predicted molar refractivity (Wildman–Crippen MR) is 181 cm³/mol. The van der Waals surface area contributed by atoms with Crippen molar-refractivity contribution in [3.63, 3.8) is 0 Å². The van der Waals surface area contributed by atoms with E-state index < -0.39 is 0 Å². The Labute approximate surface area is 251 Å². The lowest BCUT2D eigenvalue weighted by Gasteiger charge is -2.19. The summed E-state index contributed by atoms with van der Waals surface area (Å²) in [5.41, 5.74) is 9.03. The van der Waals surface area contributed by atoms with Gasteiger partial charge in [0.1, 0.15) is 22.5 Å². The van der Waals surface area contributed by atoms with Crippen LogP contribution in [-0.2, 0) is 0 Å². The molecule has 0 bridgehead atoms. The molecule has 0 radical (unpaired) electrons. The van der Waals surface area contributed by atoms with Crippen molar-refractivity contribution in [1.29, 1.82) is 0 Å². The Hall–Kier alpha value is -5.93. The van der Waals surface area contributed by atoms with E-state index in [1.165, 1.54) is 16.3 Å². The van der Waals surface area contributed by atoms with Crippen LogP contribution < -0.4 is 0 Å². The molecule has 0 spiro atoms. The highest BCUT2D eigenvalue weighted by atomic mass is 16.3. The molecule has 0 N–H and O–H groups in total. The SMILES string of the molecule is c1ccc2c3c(-c4c5ccccc5c(-c5cccc6oc7ccccc7c56)c5ccccc45)oc4ccccc4c-3nc2c1. The van der Waals surface area contributed by atoms with Crippen LogP contribution in [0.4, 0.5) is 0 Å². The maximum absolute atomic E-state index is 6.95. The molecule has 0 saturated carbocycles. The Morgan fingerprint density at radius 1 is 0.364 bits per heavy atom. The lowest BCUT2D eigenvalue weighted by molar-refractivity contribution is 0.623. The van der Waals surface area contributed by atoms with Crippen LogP contribution in [0.5, 0.6) is 0 Å². The van der Waals surface area contributed by atoms with Gasteiger partial charge in [-0.2, -0.15) is 0 Å². The molecule has 0 aliphatic carbocycles. The predicted octanol–water partition coefficient (Wildman–Crippen LogP) is 11.6. The van der Waals surface area contributed by atoms with Gasteiger partial charge in [-0.3, -0.25) is 0 Å². The third kappa shape index (κ3) is 3.13. The van der Waals surface area contributed by atoms with Gasteiger partial charge in [0, 0.05) is 27.1 Å². The topological polar surface area (TPSA) is 39.2 Å². The molecule has 204 valence electrons. The molecule has 3 heteroatoms. The Bertz CT molecular complexity index is 2670. The fourth-order valence-electron chi connectivity index (χ4n) is 7.25. The van der Waals surface area contributed by atoms with Crippen LogP contribution in [0.15, 0.2) is 148 Å². The van der Waals surface area contributed by atoms with E-state index in [-0.39, 0.29) is 0 Å². The summed E-state index contributed by atoms with van der Waals surface area (Å²) in [6, 6.07) is 48.7. The minimum Gasteiger partial charge on any atom is -0.456 e. The molecule has 0 atom stereocenters.